The van der Waals surface area contributed by atoms with Gasteiger partial charge in [-0.1, -0.05) is 12.1 Å². The molecule has 19 heteroatoms. The molecule has 312 valence electrons. The van der Waals surface area contributed by atoms with Gasteiger partial charge in [0.05, 0.1) is 62.8 Å². The molecule has 59 heavy (non-hydrogen) atoms. The van der Waals surface area contributed by atoms with Crippen molar-refractivity contribution in [3.8, 4) is 28.5 Å². The number of fused-ring (bicyclic) bond motifs is 1. The van der Waals surface area contributed by atoms with Crippen LogP contribution in [-0.4, -0.2) is 128 Å². The number of aromatic hydroxyl groups is 1. The Kier molecular flexibility index (Phi) is 12.3. The molecular formula is C40H45N7O12. The van der Waals surface area contributed by atoms with Gasteiger partial charge in [-0.3, -0.25) is 39.0 Å². The average molecular weight is 816 g/mol. The number of phenols is 1. The minimum absolute atomic E-state index is 0.0177. The maximum atomic E-state index is 13.0. The van der Waals surface area contributed by atoms with Gasteiger partial charge in [0.1, 0.15) is 23.2 Å². The number of nitrogens with one attached hydrogen (secondary N) is 3. The van der Waals surface area contributed by atoms with Crippen LogP contribution in [0.1, 0.15) is 52.8 Å². The van der Waals surface area contributed by atoms with Crippen molar-refractivity contribution in [3.63, 3.8) is 0 Å². The number of para-hydroxylation sites is 1. The van der Waals surface area contributed by atoms with Gasteiger partial charge in [0, 0.05) is 36.6 Å². The van der Waals surface area contributed by atoms with Crippen LogP contribution in [0.3, 0.4) is 0 Å². The number of hydrogen-bond acceptors (Lipinski definition) is 15. The van der Waals surface area contributed by atoms with Gasteiger partial charge in [0.15, 0.2) is 18.2 Å². The Labute approximate surface area is 338 Å². The number of hydrogen-bond donors (Lipinski definition) is 5. The molecule has 6 amide bonds. The highest BCUT2D eigenvalue weighted by molar-refractivity contribution is 6.23. The van der Waals surface area contributed by atoms with Crippen molar-refractivity contribution in [2.24, 2.45) is 10.8 Å². The third-order valence-electron chi connectivity index (χ3n) is 10.7. The fraction of sp³-hybridized carbons (Fsp3) is 0.450. The fourth-order valence-corrected chi connectivity index (χ4v) is 7.91. The van der Waals surface area contributed by atoms with Crippen LogP contribution in [0.2, 0.25) is 0 Å². The first-order valence-electron chi connectivity index (χ1n) is 19.3. The van der Waals surface area contributed by atoms with Crippen LogP contribution in [0.25, 0.3) is 11.3 Å². The Hall–Kier alpha value is -6.18. The number of aromatic nitrogens is 2. The Morgan fingerprint density at radius 3 is 2.22 bits per heavy atom. The van der Waals surface area contributed by atoms with E-state index in [0.29, 0.717) is 63.2 Å². The van der Waals surface area contributed by atoms with Gasteiger partial charge in [-0.05, 0) is 56.0 Å². The van der Waals surface area contributed by atoms with E-state index in [4.69, 9.17) is 29.4 Å². The van der Waals surface area contributed by atoms with E-state index in [2.05, 4.69) is 26.1 Å². The summed E-state index contributed by atoms with van der Waals surface area (Å²) in [5.41, 5.74) is 6.69. The van der Waals surface area contributed by atoms with E-state index in [1.165, 1.54) is 18.2 Å². The molecule has 1 saturated heterocycles. The minimum atomic E-state index is -1.07. The number of nitrogens with two attached hydrogens (primary N) is 1. The Morgan fingerprint density at radius 2 is 1.51 bits per heavy atom. The third-order valence-corrected chi connectivity index (χ3v) is 10.7. The Morgan fingerprint density at radius 1 is 0.831 bits per heavy atom. The standard InChI is InChI=1S/C40H45N7O12/c41-34-31(18-28(45-46-34)26-3-1-2-4-30(26)48)59-23-39-20-40(21-39,22-39)38(54)43-10-12-56-14-16-57-15-13-55-11-9-42-33(50)19-58-24-5-6-25-27(17-24)37(53)47(36(25)52)29-7-8-32(49)44-35(29)51/h1-6,17-18,29,48H,7-16,19-23H2,(H2,41,46)(H,42,50)(H,43,54)(H,44,49,51). The lowest BCUT2D eigenvalue weighted by molar-refractivity contribution is -0.217. The number of amides is 6. The second kappa shape index (κ2) is 17.8. The highest BCUT2D eigenvalue weighted by Gasteiger charge is 2.71. The van der Waals surface area contributed by atoms with Gasteiger partial charge in [-0.2, -0.15) is 0 Å². The van der Waals surface area contributed by atoms with E-state index in [0.717, 1.165) is 24.2 Å². The molecule has 3 saturated carbocycles. The Balaban J connectivity index is 0.677. The lowest BCUT2D eigenvalue weighted by Crippen LogP contribution is -2.69. The highest BCUT2D eigenvalue weighted by Crippen LogP contribution is 2.73. The zero-order valence-corrected chi connectivity index (χ0v) is 32.2. The van der Waals surface area contributed by atoms with Gasteiger partial charge in [-0.15, -0.1) is 10.2 Å². The molecule has 3 aromatic rings. The Bertz CT molecular complexity index is 2110. The molecule has 1 atom stereocenters. The zero-order valence-electron chi connectivity index (χ0n) is 32.2. The van der Waals surface area contributed by atoms with E-state index in [1.807, 2.05) is 0 Å². The first-order valence-corrected chi connectivity index (χ1v) is 19.3. The number of anilines is 1. The number of phenolic OH excluding ortho intramolecular Hbond substituents is 1. The molecule has 6 N–H and O–H groups in total. The number of ether oxygens (including phenoxy) is 5. The number of nitrogens with zero attached hydrogens (tertiary/aromatic N) is 3. The van der Waals surface area contributed by atoms with Crippen molar-refractivity contribution in [1.82, 2.24) is 31.0 Å². The number of piperidine rings is 1. The number of carbonyl (C=O) groups is 6. The monoisotopic (exact) mass is 815 g/mol. The summed E-state index contributed by atoms with van der Waals surface area (Å²) in [5.74, 6) is -2.02. The second-order valence-corrected chi connectivity index (χ2v) is 15.0. The van der Waals surface area contributed by atoms with Gasteiger partial charge in [-0.25, -0.2) is 0 Å². The number of rotatable bonds is 21. The molecular weight excluding hydrogens is 770 g/mol. The molecule has 0 radical (unpaired) electrons. The molecule has 0 spiro atoms. The maximum Gasteiger partial charge on any atom is 0.262 e. The van der Waals surface area contributed by atoms with Crippen LogP contribution in [0, 0.1) is 10.8 Å². The summed E-state index contributed by atoms with van der Waals surface area (Å²) in [6.07, 6.45) is 2.27. The molecule has 1 unspecified atom stereocenters. The zero-order chi connectivity index (χ0) is 41.6. The van der Waals surface area contributed by atoms with Crippen molar-refractivity contribution < 1.29 is 57.6 Å². The molecule has 5 aliphatic rings. The van der Waals surface area contributed by atoms with Crippen LogP contribution >= 0.6 is 0 Å². The maximum absolute atomic E-state index is 13.0. The van der Waals surface area contributed by atoms with Gasteiger partial charge in [0.25, 0.3) is 17.7 Å². The number of benzene rings is 2. The largest absolute Gasteiger partial charge is 0.507 e. The van der Waals surface area contributed by atoms with Gasteiger partial charge in [0.2, 0.25) is 17.7 Å². The van der Waals surface area contributed by atoms with Crippen molar-refractivity contribution in [1.29, 1.82) is 0 Å². The summed E-state index contributed by atoms with van der Waals surface area (Å²) in [6.45, 7) is 2.61. The SMILES string of the molecule is Nc1nnc(-c2ccccc2O)cc1OCC12CC(C(=O)NCCOCCOCCOCCNC(=O)COc3ccc4c(c3)C(=O)N(C3CCC(=O)NC3=O)C4=O)(C1)C2. The summed E-state index contributed by atoms with van der Waals surface area (Å²) in [4.78, 5) is 75.5. The van der Waals surface area contributed by atoms with Gasteiger partial charge < -0.3 is 45.2 Å². The van der Waals surface area contributed by atoms with E-state index in [9.17, 15) is 33.9 Å². The number of carbonyl (C=O) groups excluding carboxylic acids is 6. The summed E-state index contributed by atoms with van der Waals surface area (Å²) >= 11 is 0. The van der Waals surface area contributed by atoms with Crippen LogP contribution in [0.4, 0.5) is 5.82 Å². The molecule has 3 aliphatic carbocycles. The highest BCUT2D eigenvalue weighted by atomic mass is 16.5. The minimum Gasteiger partial charge on any atom is -0.507 e. The second-order valence-electron chi connectivity index (χ2n) is 15.0. The van der Waals surface area contributed by atoms with Crippen molar-refractivity contribution in [2.45, 2.75) is 38.1 Å². The molecule has 2 aromatic carbocycles. The van der Waals surface area contributed by atoms with Crippen molar-refractivity contribution >= 4 is 41.3 Å². The predicted molar refractivity (Wildman–Crippen MR) is 205 cm³/mol. The van der Waals surface area contributed by atoms with Crippen LogP contribution in [0.5, 0.6) is 17.2 Å². The normalized spacial score (nSPS) is 21.6. The number of imide groups is 2. The summed E-state index contributed by atoms with van der Waals surface area (Å²) in [5, 5.41) is 26.0. The van der Waals surface area contributed by atoms with E-state index < -0.39 is 35.6 Å². The lowest BCUT2D eigenvalue weighted by Gasteiger charge is -2.68. The number of nitrogen functional groups attached to an aromatic ring is 1. The summed E-state index contributed by atoms with van der Waals surface area (Å²) in [6, 6.07) is 11.6. The summed E-state index contributed by atoms with van der Waals surface area (Å²) in [7, 11) is 0. The molecule has 8 rings (SSSR count). The van der Waals surface area contributed by atoms with Gasteiger partial charge >= 0.3 is 0 Å². The smallest absolute Gasteiger partial charge is 0.262 e. The fourth-order valence-electron chi connectivity index (χ4n) is 7.91. The van der Waals surface area contributed by atoms with E-state index >= 15 is 0 Å². The van der Waals surface area contributed by atoms with Crippen LogP contribution < -0.4 is 31.2 Å². The average Bonchev–Trinajstić information content (AvgIpc) is 3.43. The van der Waals surface area contributed by atoms with E-state index in [1.54, 1.807) is 30.3 Å². The van der Waals surface area contributed by atoms with Crippen molar-refractivity contribution in [2.75, 3.05) is 71.7 Å². The van der Waals surface area contributed by atoms with Crippen LogP contribution in [-0.2, 0) is 33.4 Å². The molecule has 1 aromatic heterocycles. The molecule has 19 nitrogen and oxygen atoms in total. The topological polar surface area (TPSA) is 260 Å². The first kappa shape index (κ1) is 41.0. The van der Waals surface area contributed by atoms with Crippen molar-refractivity contribution in [3.05, 3.63) is 59.7 Å². The predicted octanol–water partition coefficient (Wildman–Crippen LogP) is 0.743. The molecule has 2 bridgehead atoms. The lowest BCUT2D eigenvalue weighted by atomic mass is 9.35. The molecule has 3 heterocycles. The van der Waals surface area contributed by atoms with E-state index in [-0.39, 0.29) is 77.8 Å². The molecule has 2 aliphatic heterocycles. The third kappa shape index (κ3) is 9.11. The quantitative estimate of drug-likeness (QED) is 0.0734. The van der Waals surface area contributed by atoms with Crippen LogP contribution in [0.15, 0.2) is 48.5 Å². The first-order chi connectivity index (χ1) is 28.5. The molecule has 4 fully saturated rings. The summed E-state index contributed by atoms with van der Waals surface area (Å²) < 4.78 is 28.1.